The molecule has 0 heterocycles. The van der Waals surface area contributed by atoms with Crippen LogP contribution in [0.2, 0.25) is 0 Å². The monoisotopic (exact) mass is 552 g/mol. The number of carbonyl (C=O) groups excluding carboxylic acids is 4. The van der Waals surface area contributed by atoms with E-state index >= 15 is 0 Å². The minimum atomic E-state index is -1.50. The molecule has 0 rings (SSSR count). The van der Waals surface area contributed by atoms with Crippen LogP contribution in [-0.4, -0.2) is 98.8 Å². The van der Waals surface area contributed by atoms with Crippen molar-refractivity contribution in [3.63, 3.8) is 0 Å². The van der Waals surface area contributed by atoms with Gasteiger partial charge in [0, 0.05) is 25.5 Å². The normalized spacial score (nSPS) is 13.9. The van der Waals surface area contributed by atoms with Gasteiger partial charge in [-0.3, -0.25) is 28.8 Å². The summed E-state index contributed by atoms with van der Waals surface area (Å²) in [5.41, 5.74) is 0. The van der Waals surface area contributed by atoms with Crippen LogP contribution in [0.1, 0.15) is 39.0 Å². The van der Waals surface area contributed by atoms with E-state index in [-0.39, 0.29) is 18.6 Å². The second-order valence-electron chi connectivity index (χ2n) is 7.60. The summed E-state index contributed by atoms with van der Waals surface area (Å²) in [5.74, 6) is -6.96. The molecule has 0 aromatic heterocycles. The summed E-state index contributed by atoms with van der Waals surface area (Å²) < 4.78 is 0. The first kappa shape index (κ1) is 33.0. The molecule has 0 spiro atoms. The first-order valence-electron chi connectivity index (χ1n) is 10.8. The van der Waals surface area contributed by atoms with Gasteiger partial charge in [0.25, 0.3) is 0 Å². The summed E-state index contributed by atoms with van der Waals surface area (Å²) in [6, 6.07) is -5.36. The summed E-state index contributed by atoms with van der Waals surface area (Å²) >= 11 is 5.24. The molecule has 0 saturated heterocycles. The summed E-state index contributed by atoms with van der Waals surface area (Å²) in [4.78, 5) is 83.0. The molecule has 36 heavy (non-hydrogen) atoms. The zero-order chi connectivity index (χ0) is 27.8. The molecule has 0 aromatic rings. The third kappa shape index (κ3) is 13.8. The molecule has 7 N–H and O–H groups in total. The number of aliphatic carboxylic acids is 3. The average Bonchev–Trinajstić information content (AvgIpc) is 2.78. The molecule has 4 amide bonds. The zero-order valence-electron chi connectivity index (χ0n) is 19.8. The Bertz CT molecular complexity index is 826. The molecule has 204 valence electrons. The molecule has 0 fully saturated rings. The standard InChI is InChI=1S/C20H32N4O10S2/c1-10(25)21-13(7-8-36-2)19(32)23-11(3-5-15(26)27)17(30)22-12(4-6-16(28)29)18(31)24-14(9-35)20(33)34/h11-14,35H,3-9H2,1-2H3,(H,21,25)(H,22,30)(H,23,32)(H,24,31)(H,26,27)(H,28,29)(H,33,34). The van der Waals surface area contributed by atoms with Crippen LogP contribution in [0.3, 0.4) is 0 Å². The van der Waals surface area contributed by atoms with Crippen LogP contribution < -0.4 is 21.3 Å². The number of rotatable bonds is 18. The van der Waals surface area contributed by atoms with E-state index < -0.39 is 85.0 Å². The Balaban J connectivity index is 5.73. The Labute approximate surface area is 217 Å². The molecular weight excluding hydrogens is 520 g/mol. The Hall–Kier alpha value is -3.01. The Morgan fingerprint density at radius 2 is 1.08 bits per heavy atom. The van der Waals surface area contributed by atoms with E-state index in [0.717, 1.165) is 0 Å². The van der Waals surface area contributed by atoms with Crippen molar-refractivity contribution in [2.24, 2.45) is 0 Å². The number of nitrogens with one attached hydrogen (secondary N) is 4. The van der Waals surface area contributed by atoms with Gasteiger partial charge in [-0.15, -0.1) is 0 Å². The third-order valence-electron chi connectivity index (χ3n) is 4.66. The lowest BCUT2D eigenvalue weighted by Crippen LogP contribution is -2.58. The number of hydrogen-bond acceptors (Lipinski definition) is 9. The Morgan fingerprint density at radius 1 is 0.694 bits per heavy atom. The van der Waals surface area contributed by atoms with Gasteiger partial charge in [0.15, 0.2) is 0 Å². The molecule has 4 atom stereocenters. The molecule has 0 aliphatic heterocycles. The van der Waals surface area contributed by atoms with Crippen LogP contribution in [0.4, 0.5) is 0 Å². The molecule has 16 heteroatoms. The van der Waals surface area contributed by atoms with E-state index in [4.69, 9.17) is 15.3 Å². The number of thiol groups is 1. The van der Waals surface area contributed by atoms with E-state index in [2.05, 4.69) is 33.9 Å². The SMILES string of the molecule is CSCCC(NC(C)=O)C(=O)NC(CCC(=O)O)C(=O)NC(CCC(=O)O)C(=O)NC(CS)C(=O)O. The fraction of sp³-hybridized carbons (Fsp3) is 0.650. The summed E-state index contributed by atoms with van der Waals surface area (Å²) in [7, 11) is 0. The molecular formula is C20H32N4O10S2. The maximum absolute atomic E-state index is 12.9. The number of amides is 4. The van der Waals surface area contributed by atoms with Crippen molar-refractivity contribution in [3.8, 4) is 0 Å². The summed E-state index contributed by atoms with van der Waals surface area (Å²) in [6.45, 7) is 1.20. The highest BCUT2D eigenvalue weighted by Gasteiger charge is 2.31. The molecule has 0 saturated carbocycles. The number of carboxylic acid groups (broad SMARTS) is 3. The van der Waals surface area contributed by atoms with Gasteiger partial charge in [0.1, 0.15) is 24.2 Å². The quantitative estimate of drug-likeness (QED) is 0.0907. The zero-order valence-corrected chi connectivity index (χ0v) is 21.5. The highest BCUT2D eigenvalue weighted by Crippen LogP contribution is 2.07. The van der Waals surface area contributed by atoms with Crippen LogP contribution in [0.25, 0.3) is 0 Å². The predicted molar refractivity (Wildman–Crippen MR) is 132 cm³/mol. The van der Waals surface area contributed by atoms with Gasteiger partial charge in [0.05, 0.1) is 0 Å². The van der Waals surface area contributed by atoms with E-state index in [1.807, 2.05) is 0 Å². The van der Waals surface area contributed by atoms with Gasteiger partial charge in [-0.2, -0.15) is 24.4 Å². The van der Waals surface area contributed by atoms with Crippen molar-refractivity contribution in [1.29, 1.82) is 0 Å². The second-order valence-corrected chi connectivity index (χ2v) is 8.95. The number of carboxylic acids is 3. The van der Waals surface area contributed by atoms with Gasteiger partial charge >= 0.3 is 17.9 Å². The van der Waals surface area contributed by atoms with E-state index in [9.17, 15) is 33.6 Å². The fourth-order valence-electron chi connectivity index (χ4n) is 2.83. The summed E-state index contributed by atoms with van der Waals surface area (Å²) in [5, 5.41) is 36.3. The third-order valence-corrected chi connectivity index (χ3v) is 5.67. The van der Waals surface area contributed by atoms with Crippen molar-refractivity contribution < 1.29 is 48.9 Å². The van der Waals surface area contributed by atoms with Gasteiger partial charge in [-0.1, -0.05) is 0 Å². The molecule has 0 aliphatic carbocycles. The minimum absolute atomic E-state index is 0.226. The molecule has 0 aromatic carbocycles. The highest BCUT2D eigenvalue weighted by molar-refractivity contribution is 7.98. The van der Waals surface area contributed by atoms with Crippen molar-refractivity contribution in [1.82, 2.24) is 21.3 Å². The molecule has 0 bridgehead atoms. The van der Waals surface area contributed by atoms with Gasteiger partial charge in [0.2, 0.25) is 23.6 Å². The van der Waals surface area contributed by atoms with E-state index in [1.165, 1.54) is 18.7 Å². The number of thioether (sulfide) groups is 1. The maximum atomic E-state index is 12.9. The molecule has 0 aliphatic rings. The van der Waals surface area contributed by atoms with Crippen LogP contribution >= 0.6 is 24.4 Å². The lowest BCUT2D eigenvalue weighted by Gasteiger charge is -2.25. The van der Waals surface area contributed by atoms with E-state index in [1.54, 1.807) is 6.26 Å². The fourth-order valence-corrected chi connectivity index (χ4v) is 3.54. The average molecular weight is 553 g/mol. The van der Waals surface area contributed by atoms with Gasteiger partial charge in [-0.05, 0) is 31.3 Å². The first-order valence-corrected chi connectivity index (χ1v) is 12.8. The largest absolute Gasteiger partial charge is 0.481 e. The minimum Gasteiger partial charge on any atom is -0.481 e. The smallest absolute Gasteiger partial charge is 0.327 e. The predicted octanol–water partition coefficient (Wildman–Crippen LogP) is -1.56. The topological polar surface area (TPSA) is 228 Å². The summed E-state index contributed by atoms with van der Waals surface area (Å²) in [6.07, 6.45) is 0.154. The number of carbonyl (C=O) groups is 7. The van der Waals surface area contributed by atoms with Crippen LogP contribution in [0, 0.1) is 0 Å². The van der Waals surface area contributed by atoms with Crippen molar-refractivity contribution in [3.05, 3.63) is 0 Å². The van der Waals surface area contributed by atoms with Gasteiger partial charge < -0.3 is 36.6 Å². The highest BCUT2D eigenvalue weighted by atomic mass is 32.2. The lowest BCUT2D eigenvalue weighted by molar-refractivity contribution is -0.142. The molecule has 4 unspecified atom stereocenters. The molecule has 14 nitrogen and oxygen atoms in total. The Morgan fingerprint density at radius 3 is 1.39 bits per heavy atom. The maximum Gasteiger partial charge on any atom is 0.327 e. The number of hydrogen-bond donors (Lipinski definition) is 8. The van der Waals surface area contributed by atoms with Crippen LogP contribution in [0.15, 0.2) is 0 Å². The lowest BCUT2D eigenvalue weighted by atomic mass is 10.1. The van der Waals surface area contributed by atoms with Crippen molar-refractivity contribution in [2.75, 3.05) is 17.8 Å². The van der Waals surface area contributed by atoms with Gasteiger partial charge in [-0.25, -0.2) is 4.79 Å². The first-order chi connectivity index (χ1) is 16.8. The van der Waals surface area contributed by atoms with Crippen LogP contribution in [0.5, 0.6) is 0 Å². The second kappa shape index (κ2) is 17.4. The Kier molecular flexibility index (Phi) is 16.0. The van der Waals surface area contributed by atoms with Crippen molar-refractivity contribution in [2.45, 2.75) is 63.2 Å². The van der Waals surface area contributed by atoms with Crippen LogP contribution in [-0.2, 0) is 33.6 Å². The van der Waals surface area contributed by atoms with Crippen molar-refractivity contribution >= 4 is 65.9 Å². The molecule has 0 radical (unpaired) electrons. The van der Waals surface area contributed by atoms with E-state index in [0.29, 0.717) is 5.75 Å².